The third-order valence-electron chi connectivity index (χ3n) is 10.4. The molecule has 7 aromatic rings. The molecule has 0 aromatic heterocycles. The Morgan fingerprint density at radius 2 is 0.935 bits per heavy atom. The molecule has 0 atom stereocenters. The summed E-state index contributed by atoms with van der Waals surface area (Å²) < 4.78 is 68.4. The number of hydrogen-bond acceptors (Lipinski definition) is 14. The van der Waals surface area contributed by atoms with E-state index in [1.165, 1.54) is 36.4 Å². The first-order valence-electron chi connectivity index (χ1n) is 18.7. The van der Waals surface area contributed by atoms with E-state index in [2.05, 4.69) is 30.7 Å². The number of allylic oxidation sites excluding steroid dienone is 4. The van der Waals surface area contributed by atoms with Crippen LogP contribution in [0.1, 0.15) is 30.9 Å². The molecule has 0 amide bonds. The van der Waals surface area contributed by atoms with Crippen LogP contribution in [-0.4, -0.2) is 46.4 Å². The third kappa shape index (κ3) is 7.85. The van der Waals surface area contributed by atoms with Gasteiger partial charge < -0.3 is 20.4 Å². The number of benzene rings is 7. The maximum absolute atomic E-state index is 12.2. The average Bonchev–Trinajstić information content (AvgIpc) is 3.22. The van der Waals surface area contributed by atoms with Gasteiger partial charge in [-0.25, -0.2) is 0 Å². The molecular weight excluding hydrogens is 837 g/mol. The minimum atomic E-state index is -4.76. The number of rotatable bonds is 9. The zero-order valence-corrected chi connectivity index (χ0v) is 34.3. The standard InChI is InChI=1S/C44H34N6O10S2/c1-23-19-25(26-14-16-32(24(2)20-26)46-49-35-21-39(61(55,56)57)29-9-5-11-37(51)41(29)43(35)53)13-15-31(23)45-47-33-17-18-34(28-8-4-3-7-27(28)33)48-50-36-22-40(62(58,59)60)30-10-6-12-38(52)42(30)44(36)54/h3-13,15,17-22,51-54H,14,16H2,1-2H3,(H,55,56,57)(H,58,59,60). The number of phenols is 4. The Bertz CT molecular complexity index is 3440. The second kappa shape index (κ2) is 15.9. The van der Waals surface area contributed by atoms with E-state index in [4.69, 9.17) is 0 Å². The lowest BCUT2D eigenvalue weighted by Gasteiger charge is -2.16. The van der Waals surface area contributed by atoms with Crippen LogP contribution in [0.3, 0.4) is 0 Å². The van der Waals surface area contributed by atoms with Crippen LogP contribution in [0, 0.1) is 6.92 Å². The number of aryl methyl sites for hydroxylation is 1. The van der Waals surface area contributed by atoms with Crippen molar-refractivity contribution in [3.05, 3.63) is 132 Å². The summed E-state index contributed by atoms with van der Waals surface area (Å²) in [6, 6.07) is 26.3. The van der Waals surface area contributed by atoms with E-state index in [0.717, 1.165) is 34.4 Å². The maximum Gasteiger partial charge on any atom is 0.295 e. The van der Waals surface area contributed by atoms with Crippen molar-refractivity contribution < 1.29 is 46.4 Å². The molecule has 0 saturated heterocycles. The lowest BCUT2D eigenvalue weighted by molar-refractivity contribution is 0.462. The van der Waals surface area contributed by atoms with Crippen molar-refractivity contribution in [2.45, 2.75) is 36.5 Å². The fourth-order valence-corrected chi connectivity index (χ4v) is 8.74. The maximum atomic E-state index is 12.2. The summed E-state index contributed by atoms with van der Waals surface area (Å²) in [5.74, 6) is -1.80. The van der Waals surface area contributed by atoms with Crippen LogP contribution >= 0.6 is 0 Å². The van der Waals surface area contributed by atoms with E-state index in [-0.39, 0.29) is 38.7 Å². The van der Waals surface area contributed by atoms with Gasteiger partial charge in [0.05, 0.1) is 33.5 Å². The summed E-state index contributed by atoms with van der Waals surface area (Å²) in [6.45, 7) is 3.77. The highest BCUT2D eigenvalue weighted by Gasteiger charge is 2.24. The van der Waals surface area contributed by atoms with Gasteiger partial charge in [-0.1, -0.05) is 60.7 Å². The minimum absolute atomic E-state index is 0.0661. The van der Waals surface area contributed by atoms with Gasteiger partial charge in [0.1, 0.15) is 32.7 Å². The van der Waals surface area contributed by atoms with E-state index in [1.807, 2.05) is 50.3 Å². The Balaban J connectivity index is 1.04. The smallest absolute Gasteiger partial charge is 0.295 e. The molecule has 62 heavy (non-hydrogen) atoms. The zero-order chi connectivity index (χ0) is 44.1. The molecule has 0 spiro atoms. The molecule has 0 fully saturated rings. The largest absolute Gasteiger partial charge is 0.507 e. The fraction of sp³-hybridized carbons (Fsp3) is 0.0909. The van der Waals surface area contributed by atoms with Crippen LogP contribution in [0.15, 0.2) is 161 Å². The summed E-state index contributed by atoms with van der Waals surface area (Å²) in [7, 11) is -9.49. The van der Waals surface area contributed by atoms with Gasteiger partial charge in [-0.3, -0.25) is 9.11 Å². The number of aromatic hydroxyl groups is 4. The molecule has 1 aliphatic rings. The predicted molar refractivity (Wildman–Crippen MR) is 232 cm³/mol. The van der Waals surface area contributed by atoms with Gasteiger partial charge in [-0.05, 0) is 97.5 Å². The number of hydrogen-bond donors (Lipinski definition) is 6. The van der Waals surface area contributed by atoms with Crippen molar-refractivity contribution in [1.82, 2.24) is 0 Å². The van der Waals surface area contributed by atoms with Gasteiger partial charge in [0.25, 0.3) is 20.2 Å². The molecule has 0 unspecified atom stereocenters. The van der Waals surface area contributed by atoms with E-state index in [9.17, 15) is 46.4 Å². The molecule has 7 aromatic carbocycles. The van der Waals surface area contributed by atoms with E-state index in [0.29, 0.717) is 46.4 Å². The topological polar surface area (TPSA) is 264 Å². The normalized spacial score (nSPS) is 14.0. The minimum Gasteiger partial charge on any atom is -0.507 e. The molecule has 0 saturated carbocycles. The first-order chi connectivity index (χ1) is 29.5. The number of nitrogens with zero attached hydrogens (tertiary/aromatic N) is 6. The van der Waals surface area contributed by atoms with Gasteiger partial charge in [-0.15, -0.1) is 20.5 Å². The zero-order valence-electron chi connectivity index (χ0n) is 32.6. The highest BCUT2D eigenvalue weighted by Crippen LogP contribution is 2.46. The van der Waals surface area contributed by atoms with Gasteiger partial charge in [0, 0.05) is 21.5 Å². The summed E-state index contributed by atoms with van der Waals surface area (Å²) in [4.78, 5) is -1.08. The second-order valence-electron chi connectivity index (χ2n) is 14.4. The van der Waals surface area contributed by atoms with E-state index >= 15 is 0 Å². The Morgan fingerprint density at radius 3 is 1.42 bits per heavy atom. The van der Waals surface area contributed by atoms with Crippen LogP contribution in [0.2, 0.25) is 0 Å². The summed E-state index contributed by atoms with van der Waals surface area (Å²) in [5, 5.41) is 69.2. The molecule has 0 bridgehead atoms. The molecule has 0 radical (unpaired) electrons. The highest BCUT2D eigenvalue weighted by atomic mass is 32.2. The Morgan fingerprint density at radius 1 is 0.484 bits per heavy atom. The molecule has 6 N–H and O–H groups in total. The quantitative estimate of drug-likeness (QED) is 0.0590. The number of azo groups is 3. The van der Waals surface area contributed by atoms with Crippen LogP contribution in [-0.2, 0) is 20.2 Å². The van der Waals surface area contributed by atoms with Gasteiger partial charge in [-0.2, -0.15) is 27.1 Å². The molecule has 312 valence electrons. The van der Waals surface area contributed by atoms with Crippen molar-refractivity contribution in [2.24, 2.45) is 30.7 Å². The van der Waals surface area contributed by atoms with Crippen LogP contribution in [0.4, 0.5) is 28.4 Å². The fourth-order valence-electron chi connectivity index (χ4n) is 7.33. The Kier molecular flexibility index (Phi) is 10.6. The molecule has 1 aliphatic carbocycles. The van der Waals surface area contributed by atoms with Crippen molar-refractivity contribution >= 4 is 86.6 Å². The van der Waals surface area contributed by atoms with Gasteiger partial charge in [0.2, 0.25) is 0 Å². The second-order valence-corrected chi connectivity index (χ2v) is 17.2. The Hall–Kier alpha value is -7.38. The molecular formula is C44H34N6O10S2. The first-order valence-corrected chi connectivity index (χ1v) is 21.6. The number of fused-ring (bicyclic) bond motifs is 3. The lowest BCUT2D eigenvalue weighted by Crippen LogP contribution is -1.99. The van der Waals surface area contributed by atoms with Gasteiger partial charge >= 0.3 is 0 Å². The molecule has 0 aliphatic heterocycles. The van der Waals surface area contributed by atoms with Crippen LogP contribution < -0.4 is 0 Å². The summed E-state index contributed by atoms with van der Waals surface area (Å²) >= 11 is 0. The molecule has 0 heterocycles. The third-order valence-corrected chi connectivity index (χ3v) is 12.2. The first kappa shape index (κ1) is 41.4. The van der Waals surface area contributed by atoms with Crippen molar-refractivity contribution in [2.75, 3.05) is 0 Å². The lowest BCUT2D eigenvalue weighted by atomic mass is 9.91. The number of phenolic OH excluding ortho intramolecular Hbond substituents is 4. The van der Waals surface area contributed by atoms with Crippen LogP contribution in [0.5, 0.6) is 23.0 Å². The highest BCUT2D eigenvalue weighted by molar-refractivity contribution is 7.86. The predicted octanol–water partition coefficient (Wildman–Crippen LogP) is 11.8. The molecule has 16 nitrogen and oxygen atoms in total. The van der Waals surface area contributed by atoms with Crippen LogP contribution in [0.25, 0.3) is 37.9 Å². The monoisotopic (exact) mass is 870 g/mol. The van der Waals surface area contributed by atoms with Crippen molar-refractivity contribution in [3.8, 4) is 23.0 Å². The van der Waals surface area contributed by atoms with Gasteiger partial charge in [0.15, 0.2) is 11.5 Å². The summed E-state index contributed by atoms with van der Waals surface area (Å²) in [6.07, 6.45) is 3.04. The Labute approximate surface area is 353 Å². The SMILES string of the molecule is CC1=C(N=Nc2cc(S(=O)(=O)O)c3cccc(O)c3c2O)CCC(c2ccc(N=Nc3ccc(N=Nc4cc(S(=O)(=O)O)c5cccc(O)c5c4O)c4ccccc34)c(C)c2)=C1. The molecule has 18 heteroatoms. The van der Waals surface area contributed by atoms with E-state index < -0.39 is 47.3 Å². The van der Waals surface area contributed by atoms with E-state index in [1.54, 1.807) is 24.3 Å². The molecule has 8 rings (SSSR count). The average molecular weight is 871 g/mol. The van der Waals surface area contributed by atoms with Crippen molar-refractivity contribution in [1.29, 1.82) is 0 Å². The van der Waals surface area contributed by atoms with Crippen molar-refractivity contribution in [3.63, 3.8) is 0 Å². The summed E-state index contributed by atoms with van der Waals surface area (Å²) in [5.41, 5.74) is 5.19.